The molecule has 0 saturated carbocycles. The van der Waals surface area contributed by atoms with E-state index in [9.17, 15) is 4.79 Å². The van der Waals surface area contributed by atoms with Crippen LogP contribution in [0, 0.1) is 5.92 Å². The van der Waals surface area contributed by atoms with Crippen LogP contribution in [0.5, 0.6) is 0 Å². The van der Waals surface area contributed by atoms with Gasteiger partial charge in [-0.3, -0.25) is 9.88 Å². The Morgan fingerprint density at radius 3 is 2.67 bits per heavy atom. The van der Waals surface area contributed by atoms with Crippen LogP contribution in [-0.2, 0) is 15.9 Å². The molecule has 0 bridgehead atoms. The lowest BCUT2D eigenvalue weighted by molar-refractivity contribution is 0.120. The minimum absolute atomic E-state index is 0.0951. The van der Waals surface area contributed by atoms with E-state index in [1.54, 1.807) is 19.5 Å². The number of hydrogen-bond acceptors (Lipinski definition) is 6. The minimum atomic E-state index is -0.340. The van der Waals surface area contributed by atoms with Crippen molar-refractivity contribution in [3.05, 3.63) is 18.1 Å². The topological polar surface area (TPSA) is 67.8 Å². The predicted molar refractivity (Wildman–Crippen MR) is 90.1 cm³/mol. The molecule has 2 aliphatic heterocycles. The highest BCUT2D eigenvalue weighted by molar-refractivity contribution is 5.88. The number of amides is 1. The fourth-order valence-electron chi connectivity index (χ4n) is 3.31. The molecular formula is C17H26N4O3. The number of hydrogen-bond donors (Lipinski definition) is 0. The second-order valence-electron chi connectivity index (χ2n) is 6.65. The van der Waals surface area contributed by atoms with Gasteiger partial charge in [0, 0.05) is 13.7 Å². The monoisotopic (exact) mass is 334 g/mol. The van der Waals surface area contributed by atoms with Gasteiger partial charge >= 0.3 is 6.09 Å². The number of cyclic esters (lactones) is 1. The Balaban J connectivity index is 1.49. The van der Waals surface area contributed by atoms with E-state index in [2.05, 4.69) is 14.9 Å². The van der Waals surface area contributed by atoms with Gasteiger partial charge < -0.3 is 14.4 Å². The van der Waals surface area contributed by atoms with Crippen LogP contribution in [-0.4, -0.2) is 67.0 Å². The molecule has 0 spiro atoms. The summed E-state index contributed by atoms with van der Waals surface area (Å²) in [5.41, 5.74) is 0.995. The van der Waals surface area contributed by atoms with Gasteiger partial charge in [0.25, 0.3) is 0 Å². The van der Waals surface area contributed by atoms with Crippen LogP contribution in [0.3, 0.4) is 0 Å². The van der Waals surface area contributed by atoms with Crippen molar-refractivity contribution < 1.29 is 14.3 Å². The number of methoxy groups -OCH3 is 1. The van der Waals surface area contributed by atoms with Crippen molar-refractivity contribution in [2.24, 2.45) is 5.92 Å². The number of likely N-dealkylation sites (tertiary alicyclic amines) is 1. The standard InChI is InChI=1S/C17H26N4O3/c1-13-12-21(17(22)24-13)16-11-18-15(10-19-16)9-14-3-5-20(6-4-14)7-8-23-2/h10-11,13-14H,3-9,12H2,1-2H3. The lowest BCUT2D eigenvalue weighted by Gasteiger charge is -2.31. The molecule has 7 nitrogen and oxygen atoms in total. The highest BCUT2D eigenvalue weighted by Crippen LogP contribution is 2.22. The van der Waals surface area contributed by atoms with E-state index >= 15 is 0 Å². The van der Waals surface area contributed by atoms with Crippen LogP contribution in [0.1, 0.15) is 25.5 Å². The summed E-state index contributed by atoms with van der Waals surface area (Å²) in [7, 11) is 1.75. The first kappa shape index (κ1) is 17.1. The third kappa shape index (κ3) is 4.21. The molecule has 1 atom stereocenters. The molecule has 2 aliphatic rings. The first-order valence-electron chi connectivity index (χ1n) is 8.66. The van der Waals surface area contributed by atoms with Gasteiger partial charge in [0.1, 0.15) is 6.10 Å². The van der Waals surface area contributed by atoms with E-state index in [0.717, 1.165) is 38.4 Å². The average molecular weight is 334 g/mol. The molecule has 2 saturated heterocycles. The molecule has 1 aromatic heterocycles. The van der Waals surface area contributed by atoms with E-state index in [-0.39, 0.29) is 12.2 Å². The summed E-state index contributed by atoms with van der Waals surface area (Å²) in [5, 5.41) is 0. The van der Waals surface area contributed by atoms with Crippen LogP contribution < -0.4 is 4.90 Å². The van der Waals surface area contributed by atoms with Crippen LogP contribution in [0.15, 0.2) is 12.4 Å². The molecule has 0 N–H and O–H groups in total. The third-order valence-corrected chi connectivity index (χ3v) is 4.75. The Labute approximate surface area is 143 Å². The third-order valence-electron chi connectivity index (χ3n) is 4.75. The molecule has 3 rings (SSSR count). The summed E-state index contributed by atoms with van der Waals surface area (Å²) >= 11 is 0. The normalized spacial score (nSPS) is 22.8. The number of nitrogens with zero attached hydrogens (tertiary/aromatic N) is 4. The van der Waals surface area contributed by atoms with Crippen LogP contribution in [0.4, 0.5) is 10.6 Å². The maximum Gasteiger partial charge on any atom is 0.415 e. The molecule has 1 amide bonds. The van der Waals surface area contributed by atoms with Crippen molar-refractivity contribution in [1.82, 2.24) is 14.9 Å². The lowest BCUT2D eigenvalue weighted by atomic mass is 9.92. The Kier molecular flexibility index (Phi) is 5.63. The highest BCUT2D eigenvalue weighted by Gasteiger charge is 2.30. The van der Waals surface area contributed by atoms with Crippen LogP contribution in [0.2, 0.25) is 0 Å². The Bertz CT molecular complexity index is 543. The van der Waals surface area contributed by atoms with Crippen molar-refractivity contribution in [3.8, 4) is 0 Å². The fourth-order valence-corrected chi connectivity index (χ4v) is 3.31. The number of anilines is 1. The Morgan fingerprint density at radius 1 is 1.29 bits per heavy atom. The van der Waals surface area contributed by atoms with Gasteiger partial charge in [-0.25, -0.2) is 9.78 Å². The van der Waals surface area contributed by atoms with Crippen molar-refractivity contribution in [1.29, 1.82) is 0 Å². The Hall–Kier alpha value is -1.73. The van der Waals surface area contributed by atoms with Gasteiger partial charge in [-0.2, -0.15) is 0 Å². The van der Waals surface area contributed by atoms with E-state index in [0.29, 0.717) is 18.3 Å². The van der Waals surface area contributed by atoms with E-state index in [4.69, 9.17) is 9.47 Å². The minimum Gasteiger partial charge on any atom is -0.444 e. The smallest absolute Gasteiger partial charge is 0.415 e. The first-order valence-corrected chi connectivity index (χ1v) is 8.66. The highest BCUT2D eigenvalue weighted by atomic mass is 16.6. The first-order chi connectivity index (χ1) is 11.7. The zero-order valence-electron chi connectivity index (χ0n) is 14.5. The molecule has 3 heterocycles. The number of piperidine rings is 1. The number of aromatic nitrogens is 2. The van der Waals surface area contributed by atoms with Crippen molar-refractivity contribution in [2.45, 2.75) is 32.3 Å². The van der Waals surface area contributed by atoms with Gasteiger partial charge in [0.05, 0.1) is 31.2 Å². The van der Waals surface area contributed by atoms with E-state index in [1.807, 2.05) is 6.92 Å². The summed E-state index contributed by atoms with van der Waals surface area (Å²) in [5.74, 6) is 1.23. The molecule has 1 aromatic rings. The second-order valence-corrected chi connectivity index (χ2v) is 6.65. The fraction of sp³-hybridized carbons (Fsp3) is 0.706. The van der Waals surface area contributed by atoms with Crippen LogP contribution in [0.25, 0.3) is 0 Å². The molecule has 7 heteroatoms. The lowest BCUT2D eigenvalue weighted by Crippen LogP contribution is -2.36. The summed E-state index contributed by atoms with van der Waals surface area (Å²) in [6, 6.07) is 0. The molecule has 0 radical (unpaired) electrons. The maximum absolute atomic E-state index is 11.7. The quantitative estimate of drug-likeness (QED) is 0.789. The number of ether oxygens (including phenoxy) is 2. The van der Waals surface area contributed by atoms with Gasteiger partial charge in [-0.05, 0) is 45.2 Å². The number of rotatable bonds is 6. The van der Waals surface area contributed by atoms with Gasteiger partial charge in [0.2, 0.25) is 0 Å². The van der Waals surface area contributed by atoms with Crippen molar-refractivity contribution in [3.63, 3.8) is 0 Å². The summed E-state index contributed by atoms with van der Waals surface area (Å²) in [6.07, 6.45) is 6.36. The largest absolute Gasteiger partial charge is 0.444 e. The van der Waals surface area contributed by atoms with E-state index in [1.165, 1.54) is 17.7 Å². The zero-order chi connectivity index (χ0) is 16.9. The molecule has 132 valence electrons. The van der Waals surface area contributed by atoms with E-state index < -0.39 is 0 Å². The molecule has 1 unspecified atom stereocenters. The summed E-state index contributed by atoms with van der Waals surface area (Å²) in [4.78, 5) is 24.6. The SMILES string of the molecule is COCCN1CCC(Cc2cnc(N3CC(C)OC3=O)cn2)CC1. The predicted octanol–water partition coefficient (Wildman–Crippen LogP) is 1.72. The molecule has 0 aromatic carbocycles. The maximum atomic E-state index is 11.7. The summed E-state index contributed by atoms with van der Waals surface area (Å²) < 4.78 is 10.3. The molecule has 2 fully saturated rings. The summed E-state index contributed by atoms with van der Waals surface area (Å²) in [6.45, 7) is 6.47. The van der Waals surface area contributed by atoms with Crippen LogP contribution >= 0.6 is 0 Å². The Morgan fingerprint density at radius 2 is 2.08 bits per heavy atom. The molecule has 0 aliphatic carbocycles. The van der Waals surface area contributed by atoms with Gasteiger partial charge in [0.15, 0.2) is 5.82 Å². The second kappa shape index (κ2) is 7.90. The molecule has 24 heavy (non-hydrogen) atoms. The van der Waals surface area contributed by atoms with Gasteiger partial charge in [-0.1, -0.05) is 0 Å². The number of carbonyl (C=O) groups excluding carboxylic acids is 1. The average Bonchev–Trinajstić information content (AvgIpc) is 2.93. The van der Waals surface area contributed by atoms with Gasteiger partial charge in [-0.15, -0.1) is 0 Å². The molecular weight excluding hydrogens is 308 g/mol. The number of carbonyl (C=O) groups is 1. The zero-order valence-corrected chi connectivity index (χ0v) is 14.5. The van der Waals surface area contributed by atoms with Crippen molar-refractivity contribution in [2.75, 3.05) is 44.8 Å². The van der Waals surface area contributed by atoms with Crippen molar-refractivity contribution >= 4 is 11.9 Å².